The van der Waals surface area contributed by atoms with Crippen molar-refractivity contribution in [3.05, 3.63) is 77.9 Å². The molecule has 0 aliphatic carbocycles. The second-order valence-corrected chi connectivity index (χ2v) is 6.67. The number of carboxylic acids is 1. The number of aliphatic hydroxyl groups is 1. The van der Waals surface area contributed by atoms with Gasteiger partial charge in [0.1, 0.15) is 0 Å². The number of carbonyl (C=O) groups is 1. The molecule has 5 heteroatoms. The number of aromatic nitrogens is 2. The molecule has 0 saturated carbocycles. The van der Waals surface area contributed by atoms with Crippen LogP contribution in [0.3, 0.4) is 0 Å². The van der Waals surface area contributed by atoms with Crippen molar-refractivity contribution in [2.45, 2.75) is 31.4 Å². The predicted molar refractivity (Wildman–Crippen MR) is 98.1 cm³/mol. The molecule has 2 atom stereocenters. The zero-order valence-corrected chi connectivity index (χ0v) is 14.2. The Bertz CT molecular complexity index is 933. The van der Waals surface area contributed by atoms with Crippen molar-refractivity contribution in [3.63, 3.8) is 0 Å². The van der Waals surface area contributed by atoms with Gasteiger partial charge in [-0.2, -0.15) is 0 Å². The molecule has 0 radical (unpaired) electrons. The van der Waals surface area contributed by atoms with E-state index in [4.69, 9.17) is 0 Å². The first-order valence-electron chi connectivity index (χ1n) is 8.76. The van der Waals surface area contributed by atoms with E-state index >= 15 is 0 Å². The zero-order valence-electron chi connectivity index (χ0n) is 14.2. The van der Waals surface area contributed by atoms with Gasteiger partial charge in [-0.1, -0.05) is 36.4 Å². The van der Waals surface area contributed by atoms with Crippen LogP contribution >= 0.6 is 0 Å². The summed E-state index contributed by atoms with van der Waals surface area (Å²) in [6.45, 7) is 0. The molecule has 5 nitrogen and oxygen atoms in total. The van der Waals surface area contributed by atoms with Crippen molar-refractivity contribution < 1.29 is 15.0 Å². The average molecular weight is 348 g/mol. The molecular formula is C21H20N2O3. The molecule has 1 aliphatic heterocycles. The minimum atomic E-state index is -0.960. The van der Waals surface area contributed by atoms with Gasteiger partial charge >= 0.3 is 5.97 Å². The fourth-order valence-electron chi connectivity index (χ4n) is 3.78. The number of benzene rings is 2. The third kappa shape index (κ3) is 2.91. The summed E-state index contributed by atoms with van der Waals surface area (Å²) in [5.41, 5.74) is 4.00. The van der Waals surface area contributed by atoms with Crippen LogP contribution in [0.4, 0.5) is 0 Å². The number of aliphatic hydroxyl groups excluding tert-OH is 1. The minimum Gasteiger partial charge on any atom is -0.478 e. The van der Waals surface area contributed by atoms with Crippen LogP contribution in [0.15, 0.2) is 61.1 Å². The standard InChI is InChI=1S/C21H20N2O3/c24-19-8-4-7-16-12-22-13-23(16)20(19)17-10-9-15(21(25)26)11-18(17)14-5-2-1-3-6-14/h1-3,5-6,9-13,19-20,24H,4,7-8H2,(H,25,26). The number of nitrogens with zero attached hydrogens (tertiary/aromatic N) is 2. The van der Waals surface area contributed by atoms with Crippen molar-refractivity contribution in [2.24, 2.45) is 0 Å². The van der Waals surface area contributed by atoms with E-state index in [-0.39, 0.29) is 11.6 Å². The molecule has 0 fully saturated rings. The Hall–Kier alpha value is -2.92. The van der Waals surface area contributed by atoms with Gasteiger partial charge in [0.25, 0.3) is 0 Å². The van der Waals surface area contributed by atoms with Gasteiger partial charge in [-0.25, -0.2) is 9.78 Å². The number of fused-ring (bicyclic) bond motifs is 1. The largest absolute Gasteiger partial charge is 0.478 e. The number of aryl methyl sites for hydroxylation is 1. The number of carboxylic acid groups (broad SMARTS) is 1. The van der Waals surface area contributed by atoms with Crippen LogP contribution in [-0.2, 0) is 6.42 Å². The average Bonchev–Trinajstić information content (AvgIpc) is 3.05. The first-order chi connectivity index (χ1) is 12.6. The van der Waals surface area contributed by atoms with Crippen molar-refractivity contribution in [1.82, 2.24) is 9.55 Å². The highest BCUT2D eigenvalue weighted by Gasteiger charge is 2.29. The summed E-state index contributed by atoms with van der Waals surface area (Å²) in [4.78, 5) is 15.7. The predicted octanol–water partition coefficient (Wildman–Crippen LogP) is 3.53. The maximum Gasteiger partial charge on any atom is 0.335 e. The Morgan fingerprint density at radius 2 is 1.96 bits per heavy atom. The number of hydrogen-bond acceptors (Lipinski definition) is 3. The molecule has 132 valence electrons. The molecule has 26 heavy (non-hydrogen) atoms. The van der Waals surface area contributed by atoms with Gasteiger partial charge in [0.05, 0.1) is 24.0 Å². The second kappa shape index (κ2) is 6.77. The molecule has 1 aromatic heterocycles. The summed E-state index contributed by atoms with van der Waals surface area (Å²) in [5.74, 6) is -0.960. The van der Waals surface area contributed by atoms with E-state index in [1.54, 1.807) is 18.5 Å². The highest BCUT2D eigenvalue weighted by Crippen LogP contribution is 2.36. The summed E-state index contributed by atoms with van der Waals surface area (Å²) in [6.07, 6.45) is 5.52. The van der Waals surface area contributed by atoms with E-state index in [9.17, 15) is 15.0 Å². The van der Waals surface area contributed by atoms with Gasteiger partial charge in [-0.3, -0.25) is 0 Å². The highest BCUT2D eigenvalue weighted by atomic mass is 16.4. The Balaban J connectivity index is 1.93. The third-order valence-electron chi connectivity index (χ3n) is 5.05. The lowest BCUT2D eigenvalue weighted by molar-refractivity contribution is 0.0697. The van der Waals surface area contributed by atoms with Crippen LogP contribution in [0, 0.1) is 0 Å². The van der Waals surface area contributed by atoms with E-state index in [2.05, 4.69) is 4.98 Å². The quantitative estimate of drug-likeness (QED) is 0.759. The fourth-order valence-corrected chi connectivity index (χ4v) is 3.78. The molecule has 4 rings (SSSR count). The summed E-state index contributed by atoms with van der Waals surface area (Å²) >= 11 is 0. The molecule has 2 N–H and O–H groups in total. The Morgan fingerprint density at radius 3 is 2.73 bits per heavy atom. The van der Waals surface area contributed by atoms with E-state index in [1.807, 2.05) is 47.2 Å². The normalized spacial score (nSPS) is 19.6. The molecule has 0 saturated heterocycles. The van der Waals surface area contributed by atoms with Crippen LogP contribution in [0.2, 0.25) is 0 Å². The van der Waals surface area contributed by atoms with Crippen molar-refractivity contribution >= 4 is 5.97 Å². The maximum atomic E-state index is 11.5. The molecule has 2 heterocycles. The summed E-state index contributed by atoms with van der Waals surface area (Å²) < 4.78 is 2.03. The summed E-state index contributed by atoms with van der Waals surface area (Å²) in [6, 6.07) is 14.6. The summed E-state index contributed by atoms with van der Waals surface area (Å²) in [5, 5.41) is 20.3. The zero-order chi connectivity index (χ0) is 18.1. The van der Waals surface area contributed by atoms with Crippen molar-refractivity contribution in [2.75, 3.05) is 0 Å². The molecular weight excluding hydrogens is 328 g/mol. The molecule has 0 spiro atoms. The molecule has 2 unspecified atom stereocenters. The topological polar surface area (TPSA) is 75.3 Å². The van der Waals surface area contributed by atoms with Crippen LogP contribution in [0.5, 0.6) is 0 Å². The van der Waals surface area contributed by atoms with Crippen LogP contribution < -0.4 is 0 Å². The lowest BCUT2D eigenvalue weighted by atomic mass is 9.89. The van der Waals surface area contributed by atoms with Crippen molar-refractivity contribution in [1.29, 1.82) is 0 Å². The lowest BCUT2D eigenvalue weighted by Gasteiger charge is -2.26. The minimum absolute atomic E-state index is 0.238. The molecule has 2 aromatic carbocycles. The van der Waals surface area contributed by atoms with E-state index in [0.29, 0.717) is 6.42 Å². The van der Waals surface area contributed by atoms with Crippen molar-refractivity contribution in [3.8, 4) is 11.1 Å². The van der Waals surface area contributed by atoms with Gasteiger partial charge < -0.3 is 14.8 Å². The number of aromatic carboxylic acids is 1. The number of imidazole rings is 1. The summed E-state index contributed by atoms with van der Waals surface area (Å²) in [7, 11) is 0. The van der Waals surface area contributed by atoms with E-state index in [0.717, 1.165) is 35.2 Å². The molecule has 0 bridgehead atoms. The third-order valence-corrected chi connectivity index (χ3v) is 5.05. The van der Waals surface area contributed by atoms with Gasteiger partial charge in [-0.15, -0.1) is 0 Å². The van der Waals surface area contributed by atoms with E-state index < -0.39 is 12.1 Å². The Morgan fingerprint density at radius 1 is 1.15 bits per heavy atom. The maximum absolute atomic E-state index is 11.5. The van der Waals surface area contributed by atoms with Gasteiger partial charge in [0.15, 0.2) is 0 Å². The second-order valence-electron chi connectivity index (χ2n) is 6.67. The number of hydrogen-bond donors (Lipinski definition) is 2. The van der Waals surface area contributed by atoms with Gasteiger partial charge in [0, 0.05) is 11.9 Å². The Kier molecular flexibility index (Phi) is 4.31. The highest BCUT2D eigenvalue weighted by molar-refractivity contribution is 5.90. The van der Waals surface area contributed by atoms with Crippen LogP contribution in [0.25, 0.3) is 11.1 Å². The first-order valence-corrected chi connectivity index (χ1v) is 8.76. The lowest BCUT2D eigenvalue weighted by Crippen LogP contribution is -2.25. The number of rotatable bonds is 3. The van der Waals surface area contributed by atoms with E-state index in [1.165, 1.54) is 0 Å². The molecule has 3 aromatic rings. The SMILES string of the molecule is O=C(O)c1ccc(C2C(O)CCCc3cncn32)c(-c2ccccc2)c1. The molecule has 1 aliphatic rings. The smallest absolute Gasteiger partial charge is 0.335 e. The fraction of sp³-hybridized carbons (Fsp3) is 0.238. The van der Waals surface area contributed by atoms with Gasteiger partial charge in [0.2, 0.25) is 0 Å². The van der Waals surface area contributed by atoms with Crippen LogP contribution in [0.1, 0.15) is 40.5 Å². The Labute approximate surface area is 151 Å². The first kappa shape index (κ1) is 16.5. The molecule has 0 amide bonds. The van der Waals surface area contributed by atoms with Gasteiger partial charge in [-0.05, 0) is 48.1 Å². The monoisotopic (exact) mass is 348 g/mol. The van der Waals surface area contributed by atoms with Crippen LogP contribution in [-0.4, -0.2) is 31.8 Å².